The molecule has 1 aromatic carbocycles. The van der Waals surface area contributed by atoms with E-state index in [4.69, 9.17) is 4.74 Å². The van der Waals surface area contributed by atoms with Crippen LogP contribution >= 0.6 is 0 Å². The molecule has 2 rings (SSSR count). The van der Waals surface area contributed by atoms with Crippen molar-refractivity contribution in [1.29, 1.82) is 0 Å². The van der Waals surface area contributed by atoms with Crippen LogP contribution in [0.3, 0.4) is 0 Å². The lowest BCUT2D eigenvalue weighted by molar-refractivity contribution is -0.0853. The average Bonchev–Trinajstić information content (AvgIpc) is 2.28. The fraction of sp³-hybridized carbons (Fsp3) is 0.538. The maximum absolute atomic E-state index is 12.8. The lowest BCUT2D eigenvalue weighted by atomic mass is 9.99. The van der Waals surface area contributed by atoms with Gasteiger partial charge < -0.3 is 4.74 Å². The molecule has 1 aliphatic heterocycles. The molecule has 1 saturated heterocycles. The number of nitrogens with zero attached hydrogens (tertiary/aromatic N) is 1. The SMILES string of the molecule is C[C@@H]1[C@@H](c2ccc(F)cc2)OC[C@H](C)N1C. The van der Waals surface area contributed by atoms with Gasteiger partial charge in [0, 0.05) is 12.1 Å². The lowest BCUT2D eigenvalue weighted by Gasteiger charge is -2.41. The molecule has 3 atom stereocenters. The van der Waals surface area contributed by atoms with Gasteiger partial charge in [0.25, 0.3) is 0 Å². The van der Waals surface area contributed by atoms with Gasteiger partial charge in [-0.1, -0.05) is 12.1 Å². The van der Waals surface area contributed by atoms with Crippen molar-refractivity contribution in [1.82, 2.24) is 4.90 Å². The highest BCUT2D eigenvalue weighted by Gasteiger charge is 2.31. The Morgan fingerprint density at radius 2 is 1.88 bits per heavy atom. The van der Waals surface area contributed by atoms with Crippen LogP contribution in [0, 0.1) is 5.82 Å². The third-order valence-electron chi connectivity index (χ3n) is 3.49. The molecule has 0 aliphatic carbocycles. The van der Waals surface area contributed by atoms with Gasteiger partial charge in [0.05, 0.1) is 12.7 Å². The summed E-state index contributed by atoms with van der Waals surface area (Å²) in [6, 6.07) is 7.34. The van der Waals surface area contributed by atoms with Crippen LogP contribution in [-0.2, 0) is 4.74 Å². The van der Waals surface area contributed by atoms with Crippen LogP contribution in [0.1, 0.15) is 25.5 Å². The molecular formula is C13H18FNO. The Morgan fingerprint density at radius 3 is 2.50 bits per heavy atom. The Balaban J connectivity index is 2.18. The molecule has 0 saturated carbocycles. The molecule has 0 bridgehead atoms. The quantitative estimate of drug-likeness (QED) is 0.725. The average molecular weight is 223 g/mol. The predicted molar refractivity (Wildman–Crippen MR) is 61.8 cm³/mol. The lowest BCUT2D eigenvalue weighted by Crippen LogP contribution is -2.48. The monoisotopic (exact) mass is 223 g/mol. The summed E-state index contributed by atoms with van der Waals surface area (Å²) in [6.07, 6.45) is 0.0433. The normalized spacial score (nSPS) is 31.6. The standard InChI is InChI=1S/C13H18FNO/c1-9-8-16-13(10(2)15(9)3)11-4-6-12(14)7-5-11/h4-7,9-10,13H,8H2,1-3H3/t9-,10+,13-/m0/s1. The van der Waals surface area contributed by atoms with Gasteiger partial charge in [-0.25, -0.2) is 4.39 Å². The topological polar surface area (TPSA) is 12.5 Å². The van der Waals surface area contributed by atoms with Gasteiger partial charge in [0.2, 0.25) is 0 Å². The first kappa shape index (κ1) is 11.6. The van der Waals surface area contributed by atoms with Gasteiger partial charge in [-0.2, -0.15) is 0 Å². The van der Waals surface area contributed by atoms with Crippen molar-refractivity contribution in [2.24, 2.45) is 0 Å². The van der Waals surface area contributed by atoms with E-state index in [1.807, 2.05) is 0 Å². The van der Waals surface area contributed by atoms with E-state index in [1.54, 1.807) is 12.1 Å². The first-order valence-electron chi connectivity index (χ1n) is 5.68. The molecule has 1 aromatic rings. The summed E-state index contributed by atoms with van der Waals surface area (Å²) in [4.78, 5) is 2.30. The van der Waals surface area contributed by atoms with Crippen LogP contribution in [0.2, 0.25) is 0 Å². The van der Waals surface area contributed by atoms with Crippen LogP contribution in [-0.4, -0.2) is 30.6 Å². The van der Waals surface area contributed by atoms with Crippen molar-refractivity contribution in [2.45, 2.75) is 32.0 Å². The van der Waals surface area contributed by atoms with E-state index in [0.717, 1.165) is 12.2 Å². The van der Waals surface area contributed by atoms with Gasteiger partial charge in [0.1, 0.15) is 5.82 Å². The predicted octanol–water partition coefficient (Wildman–Crippen LogP) is 2.61. The molecule has 0 aromatic heterocycles. The third-order valence-corrected chi connectivity index (χ3v) is 3.49. The third kappa shape index (κ3) is 2.11. The molecule has 16 heavy (non-hydrogen) atoms. The number of likely N-dealkylation sites (N-methyl/N-ethyl adjacent to an activating group) is 1. The number of morpholine rings is 1. The molecule has 3 heteroatoms. The number of ether oxygens (including phenoxy) is 1. The Hall–Kier alpha value is -0.930. The minimum absolute atomic E-state index is 0.0433. The Morgan fingerprint density at radius 1 is 1.25 bits per heavy atom. The van der Waals surface area contributed by atoms with E-state index >= 15 is 0 Å². The van der Waals surface area contributed by atoms with Gasteiger partial charge in [-0.3, -0.25) is 4.90 Å². The minimum Gasteiger partial charge on any atom is -0.370 e. The van der Waals surface area contributed by atoms with Crippen LogP contribution < -0.4 is 0 Å². The molecule has 0 amide bonds. The molecule has 1 fully saturated rings. The molecule has 1 heterocycles. The van der Waals surface area contributed by atoms with E-state index < -0.39 is 0 Å². The number of halogens is 1. The van der Waals surface area contributed by atoms with Gasteiger partial charge in [-0.05, 0) is 38.6 Å². The van der Waals surface area contributed by atoms with E-state index in [-0.39, 0.29) is 11.9 Å². The van der Waals surface area contributed by atoms with E-state index in [9.17, 15) is 4.39 Å². The molecule has 2 nitrogen and oxygen atoms in total. The molecule has 88 valence electrons. The second kappa shape index (κ2) is 4.52. The second-order valence-electron chi connectivity index (χ2n) is 4.56. The van der Waals surface area contributed by atoms with Crippen molar-refractivity contribution in [2.75, 3.05) is 13.7 Å². The van der Waals surface area contributed by atoms with E-state index in [1.165, 1.54) is 12.1 Å². The van der Waals surface area contributed by atoms with Crippen LogP contribution in [0.25, 0.3) is 0 Å². The summed E-state index contributed by atoms with van der Waals surface area (Å²) < 4.78 is 18.7. The molecule has 0 radical (unpaired) electrons. The van der Waals surface area contributed by atoms with Gasteiger partial charge in [0.15, 0.2) is 0 Å². The maximum Gasteiger partial charge on any atom is 0.123 e. The molecule has 0 unspecified atom stereocenters. The highest BCUT2D eigenvalue weighted by molar-refractivity contribution is 5.20. The summed E-state index contributed by atoms with van der Waals surface area (Å²) >= 11 is 0. The van der Waals surface area contributed by atoms with Gasteiger partial charge >= 0.3 is 0 Å². The summed E-state index contributed by atoms with van der Waals surface area (Å²) in [7, 11) is 2.11. The smallest absolute Gasteiger partial charge is 0.123 e. The minimum atomic E-state index is -0.200. The van der Waals surface area contributed by atoms with Crippen LogP contribution in [0.4, 0.5) is 4.39 Å². The Kier molecular flexibility index (Phi) is 3.26. The summed E-state index contributed by atoms with van der Waals surface area (Å²) in [6.45, 7) is 5.02. The summed E-state index contributed by atoms with van der Waals surface area (Å²) in [5.41, 5.74) is 1.05. The van der Waals surface area contributed by atoms with Crippen LogP contribution in [0.5, 0.6) is 0 Å². The molecular weight excluding hydrogens is 205 g/mol. The zero-order chi connectivity index (χ0) is 11.7. The van der Waals surface area contributed by atoms with Gasteiger partial charge in [-0.15, -0.1) is 0 Å². The van der Waals surface area contributed by atoms with Crippen LogP contribution in [0.15, 0.2) is 24.3 Å². The fourth-order valence-corrected chi connectivity index (χ4v) is 2.14. The number of hydrogen-bond acceptors (Lipinski definition) is 2. The second-order valence-corrected chi connectivity index (χ2v) is 4.56. The summed E-state index contributed by atoms with van der Waals surface area (Å²) in [5.74, 6) is -0.200. The van der Waals surface area contributed by atoms with Crippen molar-refractivity contribution in [3.05, 3.63) is 35.6 Å². The Bertz CT molecular complexity index is 351. The number of hydrogen-bond donors (Lipinski definition) is 0. The summed E-state index contributed by atoms with van der Waals surface area (Å²) in [5, 5.41) is 0. The zero-order valence-corrected chi connectivity index (χ0v) is 9.98. The number of benzene rings is 1. The molecule has 1 aliphatic rings. The first-order chi connectivity index (χ1) is 7.59. The number of rotatable bonds is 1. The highest BCUT2D eigenvalue weighted by Crippen LogP contribution is 2.29. The van der Waals surface area contributed by atoms with Crippen molar-refractivity contribution in [3.8, 4) is 0 Å². The highest BCUT2D eigenvalue weighted by atomic mass is 19.1. The first-order valence-corrected chi connectivity index (χ1v) is 5.68. The molecule has 0 spiro atoms. The fourth-order valence-electron chi connectivity index (χ4n) is 2.14. The van der Waals surface area contributed by atoms with Crippen molar-refractivity contribution >= 4 is 0 Å². The molecule has 0 N–H and O–H groups in total. The van der Waals surface area contributed by atoms with E-state index in [0.29, 0.717) is 12.1 Å². The zero-order valence-electron chi connectivity index (χ0n) is 9.98. The van der Waals surface area contributed by atoms with Crippen molar-refractivity contribution in [3.63, 3.8) is 0 Å². The maximum atomic E-state index is 12.8. The Labute approximate surface area is 96.0 Å². The largest absolute Gasteiger partial charge is 0.370 e. The van der Waals surface area contributed by atoms with E-state index in [2.05, 4.69) is 25.8 Å². The van der Waals surface area contributed by atoms with Crippen molar-refractivity contribution < 1.29 is 9.13 Å².